The SMILES string of the molecule is CCCCOCCNC(=O)c1cc(Cl)c(N)c([N+](=O)[O-])c1. The number of nitro benzene ring substituents is 1. The molecule has 1 rings (SSSR count). The van der Waals surface area contributed by atoms with Crippen molar-refractivity contribution < 1.29 is 14.5 Å². The maximum Gasteiger partial charge on any atom is 0.294 e. The number of nitrogen functional groups attached to an aromatic ring is 1. The van der Waals surface area contributed by atoms with Crippen LogP contribution < -0.4 is 11.1 Å². The molecule has 8 heteroatoms. The van der Waals surface area contributed by atoms with Crippen molar-refractivity contribution in [3.05, 3.63) is 32.8 Å². The van der Waals surface area contributed by atoms with Gasteiger partial charge in [0.25, 0.3) is 11.6 Å². The van der Waals surface area contributed by atoms with Crippen LogP contribution in [0, 0.1) is 10.1 Å². The lowest BCUT2D eigenvalue weighted by atomic mass is 10.1. The van der Waals surface area contributed by atoms with Gasteiger partial charge in [0.05, 0.1) is 16.6 Å². The van der Waals surface area contributed by atoms with E-state index < -0.39 is 10.8 Å². The first-order chi connectivity index (χ1) is 9.97. The van der Waals surface area contributed by atoms with Crippen LogP contribution in [0.4, 0.5) is 11.4 Å². The minimum absolute atomic E-state index is 0.0199. The van der Waals surface area contributed by atoms with Crippen LogP contribution >= 0.6 is 11.6 Å². The molecule has 0 fully saturated rings. The van der Waals surface area contributed by atoms with Gasteiger partial charge in [0, 0.05) is 24.8 Å². The Balaban J connectivity index is 2.60. The highest BCUT2D eigenvalue weighted by Gasteiger charge is 2.19. The number of hydrogen-bond acceptors (Lipinski definition) is 5. The van der Waals surface area contributed by atoms with Crippen LogP contribution in [0.3, 0.4) is 0 Å². The number of hydrogen-bond donors (Lipinski definition) is 2. The summed E-state index contributed by atoms with van der Waals surface area (Å²) >= 11 is 5.79. The van der Waals surface area contributed by atoms with Crippen molar-refractivity contribution in [3.63, 3.8) is 0 Å². The van der Waals surface area contributed by atoms with Crippen LogP contribution in [-0.2, 0) is 4.74 Å². The number of halogens is 1. The molecule has 1 amide bonds. The number of carbonyl (C=O) groups is 1. The number of nitrogens with two attached hydrogens (primary N) is 1. The largest absolute Gasteiger partial charge is 0.392 e. The van der Waals surface area contributed by atoms with Gasteiger partial charge in [0.1, 0.15) is 5.69 Å². The maximum absolute atomic E-state index is 11.9. The Labute approximate surface area is 127 Å². The standard InChI is InChI=1S/C13H18ClN3O4/c1-2-3-5-21-6-4-16-13(18)9-7-10(14)12(15)11(8-9)17(19)20/h7-8H,2-6,15H2,1H3,(H,16,18). The van der Waals surface area contributed by atoms with Crippen molar-refractivity contribution >= 4 is 28.9 Å². The summed E-state index contributed by atoms with van der Waals surface area (Å²) in [5.41, 5.74) is 5.05. The highest BCUT2D eigenvalue weighted by atomic mass is 35.5. The molecule has 0 atom stereocenters. The fourth-order valence-electron chi connectivity index (χ4n) is 1.57. The van der Waals surface area contributed by atoms with Gasteiger partial charge in [0.2, 0.25) is 0 Å². The second kappa shape index (κ2) is 8.43. The fraction of sp³-hybridized carbons (Fsp3) is 0.462. The van der Waals surface area contributed by atoms with Crippen molar-refractivity contribution in [2.24, 2.45) is 0 Å². The fourth-order valence-corrected chi connectivity index (χ4v) is 1.79. The lowest BCUT2D eigenvalue weighted by Crippen LogP contribution is -2.27. The average molecular weight is 316 g/mol. The van der Waals surface area contributed by atoms with Crippen LogP contribution in [0.15, 0.2) is 12.1 Å². The highest BCUT2D eigenvalue weighted by Crippen LogP contribution is 2.30. The molecule has 0 spiro atoms. The molecule has 1 aromatic rings. The molecule has 3 N–H and O–H groups in total. The summed E-state index contributed by atoms with van der Waals surface area (Å²) < 4.78 is 5.30. The Bertz CT molecular complexity index is 522. The molecule has 7 nitrogen and oxygen atoms in total. The second-order valence-corrected chi connectivity index (χ2v) is 4.78. The van der Waals surface area contributed by atoms with Gasteiger partial charge in [-0.15, -0.1) is 0 Å². The van der Waals surface area contributed by atoms with Crippen LogP contribution in [0.25, 0.3) is 0 Å². The first kappa shape index (κ1) is 17.2. The van der Waals surface area contributed by atoms with Gasteiger partial charge in [0.15, 0.2) is 0 Å². The van der Waals surface area contributed by atoms with Gasteiger partial charge >= 0.3 is 0 Å². The summed E-state index contributed by atoms with van der Waals surface area (Å²) in [4.78, 5) is 22.0. The first-order valence-electron chi connectivity index (χ1n) is 6.56. The summed E-state index contributed by atoms with van der Waals surface area (Å²) in [5, 5.41) is 13.4. The van der Waals surface area contributed by atoms with Crippen molar-refractivity contribution in [2.75, 3.05) is 25.5 Å². The summed E-state index contributed by atoms with van der Waals surface area (Å²) in [6, 6.07) is 2.41. The van der Waals surface area contributed by atoms with Crippen molar-refractivity contribution in [2.45, 2.75) is 19.8 Å². The quantitative estimate of drug-likeness (QED) is 0.331. The third-order valence-electron chi connectivity index (χ3n) is 2.74. The van der Waals surface area contributed by atoms with Gasteiger partial charge in [-0.1, -0.05) is 24.9 Å². The summed E-state index contributed by atoms with van der Waals surface area (Å²) in [7, 11) is 0. The minimum atomic E-state index is -0.675. The van der Waals surface area contributed by atoms with E-state index in [1.807, 2.05) is 0 Å². The van der Waals surface area contributed by atoms with E-state index in [1.54, 1.807) is 0 Å². The number of ether oxygens (including phenoxy) is 1. The van der Waals surface area contributed by atoms with E-state index in [2.05, 4.69) is 12.2 Å². The second-order valence-electron chi connectivity index (χ2n) is 4.37. The Morgan fingerprint density at radius 3 is 2.81 bits per heavy atom. The van der Waals surface area contributed by atoms with Crippen LogP contribution in [0.1, 0.15) is 30.1 Å². The smallest absolute Gasteiger partial charge is 0.294 e. The Kier molecular flexibility index (Phi) is 6.90. The minimum Gasteiger partial charge on any atom is -0.392 e. The Morgan fingerprint density at radius 2 is 2.19 bits per heavy atom. The topological polar surface area (TPSA) is 107 Å². The number of amides is 1. The molecule has 116 valence electrons. The Morgan fingerprint density at radius 1 is 1.48 bits per heavy atom. The van der Waals surface area contributed by atoms with Crippen LogP contribution in [-0.4, -0.2) is 30.6 Å². The molecular formula is C13H18ClN3O4. The molecule has 0 aliphatic rings. The summed E-state index contributed by atoms with van der Waals surface area (Å²) in [6.07, 6.45) is 2.01. The number of benzene rings is 1. The molecule has 0 heterocycles. The predicted octanol–water partition coefficient (Wildman–Crippen LogP) is 2.38. The number of unbranched alkanes of at least 4 members (excludes halogenated alkanes) is 1. The molecule has 0 aliphatic carbocycles. The normalized spacial score (nSPS) is 10.4. The number of nitrogens with one attached hydrogen (secondary N) is 1. The zero-order valence-electron chi connectivity index (χ0n) is 11.7. The molecule has 0 radical (unpaired) electrons. The van der Waals surface area contributed by atoms with E-state index in [-0.39, 0.29) is 22.0 Å². The highest BCUT2D eigenvalue weighted by molar-refractivity contribution is 6.34. The maximum atomic E-state index is 11.9. The van der Waals surface area contributed by atoms with E-state index in [9.17, 15) is 14.9 Å². The van der Waals surface area contributed by atoms with E-state index in [0.29, 0.717) is 19.8 Å². The van der Waals surface area contributed by atoms with Crippen molar-refractivity contribution in [3.8, 4) is 0 Å². The third kappa shape index (κ3) is 5.20. The van der Waals surface area contributed by atoms with Gasteiger partial charge in [-0.25, -0.2) is 0 Å². The molecule has 1 aromatic carbocycles. The zero-order valence-corrected chi connectivity index (χ0v) is 12.5. The van der Waals surface area contributed by atoms with Crippen LogP contribution in [0.5, 0.6) is 0 Å². The molecule has 0 unspecified atom stereocenters. The van der Waals surface area contributed by atoms with E-state index >= 15 is 0 Å². The number of carbonyl (C=O) groups excluding carboxylic acids is 1. The van der Waals surface area contributed by atoms with Gasteiger partial charge in [-0.2, -0.15) is 0 Å². The van der Waals surface area contributed by atoms with Crippen molar-refractivity contribution in [1.82, 2.24) is 5.32 Å². The number of anilines is 1. The molecule has 0 aliphatic heterocycles. The third-order valence-corrected chi connectivity index (χ3v) is 3.05. The van der Waals surface area contributed by atoms with E-state index in [1.165, 1.54) is 6.07 Å². The molecule has 21 heavy (non-hydrogen) atoms. The number of nitrogens with zero attached hydrogens (tertiary/aromatic N) is 1. The first-order valence-corrected chi connectivity index (χ1v) is 6.94. The molecule has 0 saturated heterocycles. The van der Waals surface area contributed by atoms with Gasteiger partial charge in [-0.3, -0.25) is 14.9 Å². The van der Waals surface area contributed by atoms with E-state index in [0.717, 1.165) is 18.9 Å². The molecular weight excluding hydrogens is 298 g/mol. The average Bonchev–Trinajstić information content (AvgIpc) is 2.44. The lowest BCUT2D eigenvalue weighted by molar-refractivity contribution is -0.383. The summed E-state index contributed by atoms with van der Waals surface area (Å²) in [6.45, 7) is 3.41. The predicted molar refractivity (Wildman–Crippen MR) is 80.6 cm³/mol. The number of rotatable bonds is 8. The number of nitro groups is 1. The van der Waals surface area contributed by atoms with Gasteiger partial charge in [-0.05, 0) is 12.5 Å². The van der Waals surface area contributed by atoms with Crippen molar-refractivity contribution in [1.29, 1.82) is 0 Å². The zero-order chi connectivity index (χ0) is 15.8. The molecule has 0 saturated carbocycles. The van der Waals surface area contributed by atoms with Gasteiger partial charge < -0.3 is 15.8 Å². The lowest BCUT2D eigenvalue weighted by Gasteiger charge is -2.07. The Hall–Kier alpha value is -1.86. The van der Waals surface area contributed by atoms with Crippen LogP contribution in [0.2, 0.25) is 5.02 Å². The summed E-state index contributed by atoms with van der Waals surface area (Å²) in [5.74, 6) is -0.459. The van der Waals surface area contributed by atoms with E-state index in [4.69, 9.17) is 22.1 Å². The molecule has 0 bridgehead atoms. The molecule has 0 aromatic heterocycles. The monoisotopic (exact) mass is 315 g/mol.